The van der Waals surface area contributed by atoms with E-state index < -0.39 is 21.7 Å². The molecule has 0 aliphatic carbocycles. The highest BCUT2D eigenvalue weighted by Gasteiger charge is 2.32. The molecule has 1 N–H and O–H groups in total. The van der Waals surface area contributed by atoms with Gasteiger partial charge in [0.1, 0.15) is 22.2 Å². The Hall–Kier alpha value is -3.16. The van der Waals surface area contributed by atoms with Gasteiger partial charge in [-0.25, -0.2) is 12.8 Å². The Bertz CT molecular complexity index is 1430. The van der Waals surface area contributed by atoms with Crippen LogP contribution in [0.3, 0.4) is 0 Å². The third-order valence-corrected chi connectivity index (χ3v) is 7.99. The lowest BCUT2D eigenvalue weighted by Crippen LogP contribution is -2.46. The van der Waals surface area contributed by atoms with E-state index in [4.69, 9.17) is 27.9 Å². The molecule has 1 heterocycles. The number of rotatable bonds is 6. The summed E-state index contributed by atoms with van der Waals surface area (Å²) in [5.41, 5.74) is 0.351. The smallest absolute Gasteiger partial charge is 0.251 e. The minimum atomic E-state index is -4.05. The topological polar surface area (TPSA) is 99.5 Å². The molecular formula is C25H20Cl2FN3O4S. The molecule has 0 saturated carbocycles. The number of benzene rings is 3. The summed E-state index contributed by atoms with van der Waals surface area (Å²) < 4.78 is 47.6. The van der Waals surface area contributed by atoms with Crippen LogP contribution in [0.2, 0.25) is 10.0 Å². The molecule has 0 unspecified atom stereocenters. The van der Waals surface area contributed by atoms with Gasteiger partial charge >= 0.3 is 0 Å². The van der Waals surface area contributed by atoms with E-state index in [-0.39, 0.29) is 46.7 Å². The monoisotopic (exact) mass is 547 g/mol. The first-order valence-electron chi connectivity index (χ1n) is 10.9. The van der Waals surface area contributed by atoms with Gasteiger partial charge in [0.05, 0.1) is 11.6 Å². The highest BCUT2D eigenvalue weighted by molar-refractivity contribution is 7.89. The van der Waals surface area contributed by atoms with Crippen LogP contribution in [-0.2, 0) is 10.0 Å². The third-order valence-electron chi connectivity index (χ3n) is 5.63. The lowest BCUT2D eigenvalue weighted by atomic mass is 10.1. The number of nitrogens with zero attached hydrogens (tertiary/aromatic N) is 2. The predicted molar refractivity (Wildman–Crippen MR) is 133 cm³/mol. The van der Waals surface area contributed by atoms with Crippen LogP contribution < -0.4 is 10.1 Å². The van der Waals surface area contributed by atoms with E-state index >= 15 is 0 Å². The fraction of sp³-hybridized carbons (Fsp3) is 0.200. The molecule has 36 heavy (non-hydrogen) atoms. The fourth-order valence-electron chi connectivity index (χ4n) is 3.86. The summed E-state index contributed by atoms with van der Waals surface area (Å²) in [5.74, 6) is -0.670. The maximum absolute atomic E-state index is 13.5. The van der Waals surface area contributed by atoms with Gasteiger partial charge in [-0.3, -0.25) is 4.79 Å². The lowest BCUT2D eigenvalue weighted by Gasteiger charge is -2.32. The maximum atomic E-state index is 13.5. The molecule has 7 nitrogen and oxygen atoms in total. The molecule has 4 rings (SSSR count). The number of carbonyl (C=O) groups is 1. The highest BCUT2D eigenvalue weighted by atomic mass is 35.5. The summed E-state index contributed by atoms with van der Waals surface area (Å²) in [6.07, 6.45) is 0.719. The molecule has 0 radical (unpaired) electrons. The number of hydrogen-bond donors (Lipinski definition) is 1. The summed E-state index contributed by atoms with van der Waals surface area (Å²) in [5, 5.41) is 12.8. The summed E-state index contributed by atoms with van der Waals surface area (Å²) in [7, 11) is -4.05. The van der Waals surface area contributed by atoms with Gasteiger partial charge in [-0.1, -0.05) is 29.3 Å². The molecule has 0 atom stereocenters. The number of ether oxygens (including phenoxy) is 1. The zero-order valence-corrected chi connectivity index (χ0v) is 21.1. The number of nitriles is 1. The van der Waals surface area contributed by atoms with E-state index in [1.165, 1.54) is 58.9 Å². The SMILES string of the molecule is N#Cc1ccc(Oc2cc(Cl)cc(Cl)c2)c(S(=O)(=O)N2CCC(NC(=O)c3cccc(F)c3)CC2)c1. The van der Waals surface area contributed by atoms with Gasteiger partial charge < -0.3 is 10.1 Å². The van der Waals surface area contributed by atoms with Gasteiger partial charge in [0, 0.05) is 34.7 Å². The van der Waals surface area contributed by atoms with Crippen molar-refractivity contribution in [1.82, 2.24) is 9.62 Å². The van der Waals surface area contributed by atoms with E-state index in [0.29, 0.717) is 22.9 Å². The number of carbonyl (C=O) groups excluding carboxylic acids is 1. The van der Waals surface area contributed by atoms with E-state index in [2.05, 4.69) is 5.32 Å². The fourth-order valence-corrected chi connectivity index (χ4v) is 5.97. The quantitative estimate of drug-likeness (QED) is 0.446. The van der Waals surface area contributed by atoms with E-state index in [1.807, 2.05) is 6.07 Å². The molecular weight excluding hydrogens is 528 g/mol. The largest absolute Gasteiger partial charge is 0.456 e. The number of piperidine rings is 1. The molecule has 0 bridgehead atoms. The number of nitrogens with one attached hydrogen (secondary N) is 1. The van der Waals surface area contributed by atoms with Gasteiger partial charge in [0.2, 0.25) is 10.0 Å². The van der Waals surface area contributed by atoms with Crippen molar-refractivity contribution in [3.63, 3.8) is 0 Å². The molecule has 3 aromatic rings. The van der Waals surface area contributed by atoms with Gasteiger partial charge in [0.25, 0.3) is 5.91 Å². The van der Waals surface area contributed by atoms with Crippen LogP contribution in [0.1, 0.15) is 28.8 Å². The van der Waals surface area contributed by atoms with Crippen LogP contribution in [0.15, 0.2) is 65.6 Å². The molecule has 0 spiro atoms. The molecule has 11 heteroatoms. The third kappa shape index (κ3) is 5.97. The first kappa shape index (κ1) is 25.9. The first-order valence-corrected chi connectivity index (χ1v) is 13.1. The normalized spacial score (nSPS) is 14.7. The van der Waals surface area contributed by atoms with Crippen molar-refractivity contribution in [3.05, 3.63) is 87.7 Å². The van der Waals surface area contributed by atoms with Gasteiger partial charge in [-0.05, 0) is 67.4 Å². The Morgan fingerprint density at radius 3 is 2.39 bits per heavy atom. The number of hydrogen-bond acceptors (Lipinski definition) is 5. The van der Waals surface area contributed by atoms with E-state index in [9.17, 15) is 22.9 Å². The summed E-state index contributed by atoms with van der Waals surface area (Å²) in [4.78, 5) is 12.3. The van der Waals surface area contributed by atoms with Crippen molar-refractivity contribution in [2.45, 2.75) is 23.8 Å². The molecule has 1 fully saturated rings. The van der Waals surface area contributed by atoms with Crippen molar-refractivity contribution in [1.29, 1.82) is 5.26 Å². The van der Waals surface area contributed by atoms with Gasteiger partial charge in [-0.2, -0.15) is 9.57 Å². The predicted octanol–water partition coefficient (Wildman–Crippen LogP) is 5.38. The second-order valence-electron chi connectivity index (χ2n) is 8.14. The molecule has 1 amide bonds. The molecule has 3 aromatic carbocycles. The van der Waals surface area contributed by atoms with Gasteiger partial charge in [-0.15, -0.1) is 0 Å². The average Bonchev–Trinajstić information content (AvgIpc) is 2.84. The number of amides is 1. The van der Waals surface area contributed by atoms with Gasteiger partial charge in [0.15, 0.2) is 0 Å². The van der Waals surface area contributed by atoms with Crippen LogP contribution >= 0.6 is 23.2 Å². The molecule has 186 valence electrons. The molecule has 1 aliphatic rings. The van der Waals surface area contributed by atoms with E-state index in [0.717, 1.165) is 6.07 Å². The summed E-state index contributed by atoms with van der Waals surface area (Å²) >= 11 is 12.1. The van der Waals surface area contributed by atoms with Crippen molar-refractivity contribution in [2.75, 3.05) is 13.1 Å². The minimum Gasteiger partial charge on any atom is -0.456 e. The van der Waals surface area contributed by atoms with Crippen molar-refractivity contribution in [3.8, 4) is 17.6 Å². The zero-order chi connectivity index (χ0) is 25.9. The summed E-state index contributed by atoms with van der Waals surface area (Å²) in [6, 6.07) is 15.7. The maximum Gasteiger partial charge on any atom is 0.251 e. The van der Waals surface area contributed by atoms with E-state index in [1.54, 1.807) is 0 Å². The standard InChI is InChI=1S/C25H20Cl2FN3O4S/c26-18-12-19(27)14-22(13-18)35-23-5-4-16(15-29)10-24(23)36(33,34)31-8-6-21(7-9-31)30-25(32)17-2-1-3-20(28)11-17/h1-5,10-14,21H,6-9H2,(H,30,32). The van der Waals surface area contributed by atoms with Crippen molar-refractivity contribution in [2.24, 2.45) is 0 Å². The highest BCUT2D eigenvalue weighted by Crippen LogP contribution is 2.35. The molecule has 1 saturated heterocycles. The van der Waals surface area contributed by atoms with Crippen LogP contribution in [0.25, 0.3) is 0 Å². The summed E-state index contributed by atoms with van der Waals surface area (Å²) in [6.45, 7) is 0.269. The van der Waals surface area contributed by atoms with Crippen LogP contribution in [-0.4, -0.2) is 37.8 Å². The van der Waals surface area contributed by atoms with Crippen LogP contribution in [0.5, 0.6) is 11.5 Å². The second-order valence-corrected chi connectivity index (χ2v) is 10.9. The first-order chi connectivity index (χ1) is 17.2. The average molecular weight is 548 g/mol. The molecule has 1 aliphatic heterocycles. The Morgan fingerprint density at radius 1 is 1.06 bits per heavy atom. The van der Waals surface area contributed by atoms with Crippen LogP contribution in [0.4, 0.5) is 4.39 Å². The minimum absolute atomic E-state index is 0.0221. The van der Waals surface area contributed by atoms with Crippen LogP contribution in [0, 0.1) is 17.1 Å². The zero-order valence-electron chi connectivity index (χ0n) is 18.7. The Kier molecular flexibility index (Phi) is 7.81. The number of halogens is 3. The number of sulfonamides is 1. The second kappa shape index (κ2) is 10.8. The van der Waals surface area contributed by atoms with Crippen molar-refractivity contribution >= 4 is 39.1 Å². The Labute approximate surface area is 218 Å². The Balaban J connectivity index is 1.51. The lowest BCUT2D eigenvalue weighted by molar-refractivity contribution is 0.0923. The Morgan fingerprint density at radius 2 is 1.75 bits per heavy atom. The molecule has 0 aromatic heterocycles. The van der Waals surface area contributed by atoms with Crippen molar-refractivity contribution < 1.29 is 22.3 Å².